The van der Waals surface area contributed by atoms with Gasteiger partial charge in [-0.25, -0.2) is 8.42 Å². The van der Waals surface area contributed by atoms with Crippen LogP contribution in [-0.4, -0.2) is 64.0 Å². The number of amides is 1. The molecule has 8 heteroatoms. The largest absolute Gasteiger partial charge is 0.496 e. The fourth-order valence-electron chi connectivity index (χ4n) is 3.54. The lowest BCUT2D eigenvalue weighted by molar-refractivity contribution is 0.0728. The molecule has 2 aromatic rings. The summed E-state index contributed by atoms with van der Waals surface area (Å²) >= 11 is 0. The number of benzene rings is 2. The van der Waals surface area contributed by atoms with Crippen molar-refractivity contribution in [2.45, 2.75) is 24.8 Å². The Labute approximate surface area is 178 Å². The number of hydrogen-bond acceptors (Lipinski definition) is 5. The minimum atomic E-state index is -3.69. The number of nitrogens with zero attached hydrogens (tertiary/aromatic N) is 2. The molecule has 0 bridgehead atoms. The molecular weight excluding hydrogens is 404 g/mol. The first-order valence-electron chi connectivity index (χ1n) is 9.86. The van der Waals surface area contributed by atoms with Gasteiger partial charge in [0.25, 0.3) is 5.91 Å². The van der Waals surface area contributed by atoms with Gasteiger partial charge in [-0.1, -0.05) is 24.3 Å². The zero-order valence-electron chi connectivity index (χ0n) is 17.8. The van der Waals surface area contributed by atoms with Gasteiger partial charge in [0.1, 0.15) is 5.75 Å². The molecule has 0 unspecified atom stereocenters. The number of rotatable bonds is 6. The van der Waals surface area contributed by atoms with Crippen LogP contribution in [0.1, 0.15) is 34.5 Å². The molecule has 0 saturated carbocycles. The number of carbonyl (C=O) groups is 1. The number of hydrogen-bond donors (Lipinski definition) is 0. The molecule has 1 atom stereocenters. The average Bonchev–Trinajstić information content (AvgIpc) is 2.78. The highest BCUT2D eigenvalue weighted by molar-refractivity contribution is 7.89. The second kappa shape index (κ2) is 9.16. The van der Waals surface area contributed by atoms with Gasteiger partial charge in [0.05, 0.1) is 31.3 Å². The Morgan fingerprint density at radius 1 is 1.17 bits per heavy atom. The molecule has 3 rings (SSSR count). The first-order valence-corrected chi connectivity index (χ1v) is 11.3. The topological polar surface area (TPSA) is 76.2 Å². The second-order valence-electron chi connectivity index (χ2n) is 7.33. The van der Waals surface area contributed by atoms with Gasteiger partial charge in [-0.15, -0.1) is 0 Å². The van der Waals surface area contributed by atoms with Crippen LogP contribution in [0.3, 0.4) is 0 Å². The van der Waals surface area contributed by atoms with Crippen molar-refractivity contribution in [2.75, 3.05) is 40.5 Å². The Morgan fingerprint density at radius 3 is 2.50 bits per heavy atom. The molecular formula is C22H28N2O5S. The molecule has 1 heterocycles. The summed E-state index contributed by atoms with van der Waals surface area (Å²) in [7, 11) is -0.398. The normalized spacial score (nSPS) is 16.1. The van der Waals surface area contributed by atoms with Crippen LogP contribution < -0.4 is 4.74 Å². The van der Waals surface area contributed by atoms with Crippen LogP contribution in [-0.2, 0) is 14.8 Å². The molecule has 0 N–H and O–H groups in total. The molecule has 0 aliphatic carbocycles. The highest BCUT2D eigenvalue weighted by Crippen LogP contribution is 2.30. The zero-order chi connectivity index (χ0) is 21.9. The third-order valence-electron chi connectivity index (χ3n) is 5.51. The van der Waals surface area contributed by atoms with Crippen molar-refractivity contribution in [2.24, 2.45) is 0 Å². The predicted molar refractivity (Wildman–Crippen MR) is 114 cm³/mol. The summed E-state index contributed by atoms with van der Waals surface area (Å²) in [5.74, 6) is 0.441. The molecule has 1 amide bonds. The zero-order valence-corrected chi connectivity index (χ0v) is 18.6. The monoisotopic (exact) mass is 432 g/mol. The molecule has 7 nitrogen and oxygen atoms in total. The van der Waals surface area contributed by atoms with Crippen molar-refractivity contribution in [1.29, 1.82) is 0 Å². The summed E-state index contributed by atoms with van der Waals surface area (Å²) in [6.07, 6.45) is 0. The van der Waals surface area contributed by atoms with Crippen molar-refractivity contribution in [1.82, 2.24) is 9.21 Å². The average molecular weight is 433 g/mol. The summed E-state index contributed by atoms with van der Waals surface area (Å²) in [6.45, 7) is 5.01. The van der Waals surface area contributed by atoms with Gasteiger partial charge in [0, 0.05) is 31.3 Å². The lowest BCUT2D eigenvalue weighted by Gasteiger charge is -2.28. The predicted octanol–water partition coefficient (Wildman–Crippen LogP) is 2.86. The van der Waals surface area contributed by atoms with E-state index in [4.69, 9.17) is 9.47 Å². The lowest BCUT2D eigenvalue weighted by atomic mass is 10.0. The maximum absolute atomic E-state index is 13.2. The van der Waals surface area contributed by atoms with E-state index in [0.29, 0.717) is 43.2 Å². The third-order valence-corrected chi connectivity index (χ3v) is 7.55. The van der Waals surface area contributed by atoms with Gasteiger partial charge in [0.15, 0.2) is 0 Å². The van der Waals surface area contributed by atoms with Crippen LogP contribution in [0.15, 0.2) is 47.4 Å². The highest BCUT2D eigenvalue weighted by Gasteiger charge is 2.29. The van der Waals surface area contributed by atoms with E-state index in [1.807, 2.05) is 31.2 Å². The molecule has 1 aliphatic heterocycles. The van der Waals surface area contributed by atoms with E-state index < -0.39 is 10.0 Å². The van der Waals surface area contributed by atoms with E-state index in [2.05, 4.69) is 0 Å². The molecule has 2 aromatic carbocycles. The van der Waals surface area contributed by atoms with Crippen molar-refractivity contribution in [3.8, 4) is 5.75 Å². The number of sulfonamides is 1. The van der Waals surface area contributed by atoms with Crippen LogP contribution in [0.25, 0.3) is 0 Å². The summed E-state index contributed by atoms with van der Waals surface area (Å²) in [5.41, 5.74) is 1.82. The number of aryl methyl sites for hydroxylation is 1. The quantitative estimate of drug-likeness (QED) is 0.702. The molecule has 30 heavy (non-hydrogen) atoms. The maximum atomic E-state index is 13.2. The van der Waals surface area contributed by atoms with Gasteiger partial charge in [0.2, 0.25) is 10.0 Å². The van der Waals surface area contributed by atoms with Crippen molar-refractivity contribution < 1.29 is 22.7 Å². The van der Waals surface area contributed by atoms with Gasteiger partial charge >= 0.3 is 0 Å². The number of morpholine rings is 1. The number of ether oxygens (including phenoxy) is 2. The third kappa shape index (κ3) is 4.35. The van der Waals surface area contributed by atoms with Gasteiger partial charge in [-0.3, -0.25) is 4.79 Å². The fourth-order valence-corrected chi connectivity index (χ4v) is 5.20. The number of methoxy groups -OCH3 is 1. The van der Waals surface area contributed by atoms with Crippen molar-refractivity contribution in [3.05, 3.63) is 59.2 Å². The SMILES string of the molecule is COc1ccccc1[C@H](C)N(C)C(=O)c1ccc(C)c(S(=O)(=O)N2CCOCC2)c1. The molecule has 1 aliphatic rings. The van der Waals surface area contributed by atoms with Gasteiger partial charge < -0.3 is 14.4 Å². The van der Waals surface area contributed by atoms with Crippen LogP contribution in [0.2, 0.25) is 0 Å². The summed E-state index contributed by atoms with van der Waals surface area (Å²) in [4.78, 5) is 14.9. The van der Waals surface area contributed by atoms with E-state index in [1.165, 1.54) is 10.4 Å². The first kappa shape index (κ1) is 22.3. The van der Waals surface area contributed by atoms with Crippen LogP contribution >= 0.6 is 0 Å². The van der Waals surface area contributed by atoms with E-state index in [-0.39, 0.29) is 16.8 Å². The first-order chi connectivity index (χ1) is 14.3. The van der Waals surface area contributed by atoms with E-state index in [0.717, 1.165) is 5.56 Å². The van der Waals surface area contributed by atoms with Crippen LogP contribution in [0.4, 0.5) is 0 Å². The Kier molecular flexibility index (Phi) is 6.80. The second-order valence-corrected chi connectivity index (χ2v) is 9.24. The highest BCUT2D eigenvalue weighted by atomic mass is 32.2. The van der Waals surface area contributed by atoms with Crippen LogP contribution in [0, 0.1) is 6.92 Å². The molecule has 0 spiro atoms. The van der Waals surface area contributed by atoms with E-state index in [9.17, 15) is 13.2 Å². The lowest BCUT2D eigenvalue weighted by Crippen LogP contribution is -2.41. The van der Waals surface area contributed by atoms with Crippen molar-refractivity contribution in [3.63, 3.8) is 0 Å². The van der Waals surface area contributed by atoms with Crippen molar-refractivity contribution >= 4 is 15.9 Å². The number of para-hydroxylation sites is 1. The fraction of sp³-hybridized carbons (Fsp3) is 0.409. The smallest absolute Gasteiger partial charge is 0.254 e. The van der Waals surface area contributed by atoms with Gasteiger partial charge in [-0.05, 0) is 37.6 Å². The summed E-state index contributed by atoms with van der Waals surface area (Å²) in [6, 6.07) is 12.1. The standard InChI is InChI=1S/C22H28N2O5S/c1-16-9-10-18(15-21(16)30(26,27)24-11-13-29-14-12-24)22(25)23(3)17(2)19-7-5-6-8-20(19)28-4/h5-10,15,17H,11-14H2,1-4H3/t17-/m0/s1. The van der Waals surface area contributed by atoms with E-state index >= 15 is 0 Å². The van der Waals surface area contributed by atoms with E-state index in [1.54, 1.807) is 38.1 Å². The van der Waals surface area contributed by atoms with Gasteiger partial charge in [-0.2, -0.15) is 4.31 Å². The number of carbonyl (C=O) groups excluding carboxylic acids is 1. The molecule has 0 aromatic heterocycles. The van der Waals surface area contributed by atoms with Crippen LogP contribution in [0.5, 0.6) is 5.75 Å². The summed E-state index contributed by atoms with van der Waals surface area (Å²) in [5, 5.41) is 0. The Hall–Kier alpha value is -2.42. The summed E-state index contributed by atoms with van der Waals surface area (Å²) < 4.78 is 38.3. The molecule has 0 radical (unpaired) electrons. The minimum absolute atomic E-state index is 0.161. The maximum Gasteiger partial charge on any atom is 0.254 e. The molecule has 162 valence electrons. The Bertz CT molecular complexity index is 1020. The Morgan fingerprint density at radius 2 is 1.83 bits per heavy atom. The Balaban J connectivity index is 1.90. The molecule has 1 saturated heterocycles. The minimum Gasteiger partial charge on any atom is -0.496 e. The molecule has 1 fully saturated rings.